The Balaban J connectivity index is 2.69. The number of carbonyl (C=O) groups is 1. The van der Waals surface area contributed by atoms with Crippen LogP contribution in [0.4, 0.5) is 0 Å². The molecule has 1 aliphatic rings. The van der Waals surface area contributed by atoms with E-state index in [0.717, 1.165) is 19.3 Å². The van der Waals surface area contributed by atoms with Gasteiger partial charge in [0.05, 0.1) is 25.4 Å². The Morgan fingerprint density at radius 2 is 2.16 bits per heavy atom. The van der Waals surface area contributed by atoms with Gasteiger partial charge in [-0.15, -0.1) is 0 Å². The molecule has 2 atom stereocenters. The maximum Gasteiger partial charge on any atom is 0.306 e. The van der Waals surface area contributed by atoms with Gasteiger partial charge in [-0.25, -0.2) is 8.42 Å². The molecule has 19 heavy (non-hydrogen) atoms. The second-order valence-corrected chi connectivity index (χ2v) is 7.03. The number of esters is 1. The van der Waals surface area contributed by atoms with E-state index in [1.807, 2.05) is 0 Å². The van der Waals surface area contributed by atoms with Crippen molar-refractivity contribution in [2.45, 2.75) is 51.2 Å². The Kier molecular flexibility index (Phi) is 6.22. The number of carbonyl (C=O) groups excluding carboxylic acids is 1. The molecule has 1 heterocycles. The average molecular weight is 293 g/mol. The van der Waals surface area contributed by atoms with E-state index in [2.05, 4.69) is 4.74 Å². The standard InChI is InChI=1S/C12H23NO5S/c1-10(14)9-11-5-3-4-7-13(11)19(16,17)8-6-12(15)18-2/h10-11,14H,3-9H2,1-2H3. The zero-order chi connectivity index (χ0) is 14.5. The van der Waals surface area contributed by atoms with Gasteiger partial charge in [-0.3, -0.25) is 4.79 Å². The van der Waals surface area contributed by atoms with Crippen LogP contribution < -0.4 is 0 Å². The zero-order valence-corrected chi connectivity index (χ0v) is 12.4. The molecule has 0 bridgehead atoms. The van der Waals surface area contributed by atoms with Crippen LogP contribution in [0.25, 0.3) is 0 Å². The second kappa shape index (κ2) is 7.21. The van der Waals surface area contributed by atoms with Crippen molar-refractivity contribution in [1.82, 2.24) is 4.31 Å². The van der Waals surface area contributed by atoms with E-state index < -0.39 is 22.1 Å². The Hall–Kier alpha value is -0.660. The molecule has 1 saturated heterocycles. The minimum absolute atomic E-state index is 0.128. The molecule has 0 amide bonds. The molecule has 112 valence electrons. The minimum atomic E-state index is -3.46. The number of hydrogen-bond donors (Lipinski definition) is 1. The van der Waals surface area contributed by atoms with Crippen LogP contribution in [-0.2, 0) is 19.6 Å². The van der Waals surface area contributed by atoms with E-state index in [1.54, 1.807) is 6.92 Å². The summed E-state index contributed by atoms with van der Waals surface area (Å²) in [7, 11) is -2.22. The Bertz CT molecular complexity index is 393. The van der Waals surface area contributed by atoms with Crippen molar-refractivity contribution in [3.05, 3.63) is 0 Å². The van der Waals surface area contributed by atoms with Crippen LogP contribution in [-0.4, -0.2) is 55.4 Å². The highest BCUT2D eigenvalue weighted by Crippen LogP contribution is 2.24. The molecule has 0 radical (unpaired) electrons. The number of aliphatic hydroxyl groups excluding tert-OH is 1. The van der Waals surface area contributed by atoms with Crippen molar-refractivity contribution in [2.75, 3.05) is 19.4 Å². The molecule has 2 unspecified atom stereocenters. The zero-order valence-electron chi connectivity index (χ0n) is 11.5. The monoisotopic (exact) mass is 293 g/mol. The molecule has 7 heteroatoms. The number of hydrogen-bond acceptors (Lipinski definition) is 5. The predicted molar refractivity (Wildman–Crippen MR) is 71.1 cm³/mol. The van der Waals surface area contributed by atoms with E-state index in [-0.39, 0.29) is 18.2 Å². The SMILES string of the molecule is COC(=O)CCS(=O)(=O)N1CCCCC1CC(C)O. The fraction of sp³-hybridized carbons (Fsp3) is 0.917. The maximum atomic E-state index is 12.2. The third-order valence-electron chi connectivity index (χ3n) is 3.34. The van der Waals surface area contributed by atoms with Gasteiger partial charge < -0.3 is 9.84 Å². The molecule has 0 aromatic carbocycles. The number of rotatable bonds is 6. The molecule has 1 rings (SSSR count). The number of methoxy groups -OCH3 is 1. The minimum Gasteiger partial charge on any atom is -0.469 e. The van der Waals surface area contributed by atoms with Crippen LogP contribution in [0.1, 0.15) is 39.0 Å². The van der Waals surface area contributed by atoms with Gasteiger partial charge >= 0.3 is 5.97 Å². The highest BCUT2D eigenvalue weighted by atomic mass is 32.2. The van der Waals surface area contributed by atoms with Gasteiger partial charge in [0.25, 0.3) is 0 Å². The predicted octanol–water partition coefficient (Wildman–Crippen LogP) is 0.505. The first-order chi connectivity index (χ1) is 8.86. The van der Waals surface area contributed by atoms with E-state index in [9.17, 15) is 18.3 Å². The third-order valence-corrected chi connectivity index (χ3v) is 5.25. The first-order valence-corrected chi connectivity index (χ1v) is 8.22. The number of nitrogens with zero attached hydrogens (tertiary/aromatic N) is 1. The van der Waals surface area contributed by atoms with Gasteiger partial charge in [-0.05, 0) is 26.2 Å². The van der Waals surface area contributed by atoms with Crippen LogP contribution >= 0.6 is 0 Å². The van der Waals surface area contributed by atoms with Crippen molar-refractivity contribution in [3.8, 4) is 0 Å². The lowest BCUT2D eigenvalue weighted by molar-refractivity contribution is -0.140. The van der Waals surface area contributed by atoms with Gasteiger partial charge in [0.2, 0.25) is 10.0 Å². The molecule has 1 N–H and O–H groups in total. The molecule has 0 aromatic rings. The first kappa shape index (κ1) is 16.4. The van der Waals surface area contributed by atoms with E-state index in [1.165, 1.54) is 11.4 Å². The Morgan fingerprint density at radius 1 is 1.47 bits per heavy atom. The molecule has 0 aromatic heterocycles. The van der Waals surface area contributed by atoms with Crippen LogP contribution in [0.3, 0.4) is 0 Å². The third kappa shape index (κ3) is 5.08. The molecule has 1 aliphatic heterocycles. The Labute approximate surface area is 114 Å². The largest absolute Gasteiger partial charge is 0.469 e. The average Bonchev–Trinajstić information content (AvgIpc) is 2.35. The fourth-order valence-corrected chi connectivity index (χ4v) is 4.11. The van der Waals surface area contributed by atoms with E-state index in [0.29, 0.717) is 13.0 Å². The highest BCUT2D eigenvalue weighted by molar-refractivity contribution is 7.89. The second-order valence-electron chi connectivity index (χ2n) is 4.99. The summed E-state index contributed by atoms with van der Waals surface area (Å²) in [6, 6.07) is -0.156. The van der Waals surface area contributed by atoms with E-state index in [4.69, 9.17) is 0 Å². The van der Waals surface area contributed by atoms with Crippen LogP contribution in [0.15, 0.2) is 0 Å². The maximum absolute atomic E-state index is 12.2. The molecule has 6 nitrogen and oxygen atoms in total. The van der Waals surface area contributed by atoms with Gasteiger partial charge in [-0.1, -0.05) is 6.42 Å². The topological polar surface area (TPSA) is 83.9 Å². The summed E-state index contributed by atoms with van der Waals surface area (Å²) in [5.41, 5.74) is 0. The summed E-state index contributed by atoms with van der Waals surface area (Å²) in [6.07, 6.45) is 2.35. The van der Waals surface area contributed by atoms with Crippen molar-refractivity contribution < 1.29 is 23.1 Å². The molecular formula is C12H23NO5S. The smallest absolute Gasteiger partial charge is 0.306 e. The summed E-state index contributed by atoms with van der Waals surface area (Å²) < 4.78 is 30.4. The quantitative estimate of drug-likeness (QED) is 0.721. The lowest BCUT2D eigenvalue weighted by atomic mass is 10.00. The number of aliphatic hydroxyl groups is 1. The first-order valence-electron chi connectivity index (χ1n) is 6.61. The summed E-state index contributed by atoms with van der Waals surface area (Å²) in [6.45, 7) is 2.13. The summed E-state index contributed by atoms with van der Waals surface area (Å²) in [5.74, 6) is -0.747. The summed E-state index contributed by atoms with van der Waals surface area (Å²) in [5, 5.41) is 9.45. The molecular weight excluding hydrogens is 270 g/mol. The summed E-state index contributed by atoms with van der Waals surface area (Å²) in [4.78, 5) is 11.1. The van der Waals surface area contributed by atoms with Gasteiger partial charge in [0.15, 0.2) is 0 Å². The number of piperidine rings is 1. The summed E-state index contributed by atoms with van der Waals surface area (Å²) >= 11 is 0. The van der Waals surface area contributed by atoms with Gasteiger partial charge in [0, 0.05) is 12.6 Å². The normalized spacial score (nSPS) is 23.0. The van der Waals surface area contributed by atoms with Crippen molar-refractivity contribution in [2.24, 2.45) is 0 Å². The fourth-order valence-electron chi connectivity index (χ4n) is 2.40. The molecule has 0 aliphatic carbocycles. The van der Waals surface area contributed by atoms with Gasteiger partial charge in [-0.2, -0.15) is 4.31 Å². The van der Waals surface area contributed by atoms with E-state index >= 15 is 0 Å². The molecule has 0 spiro atoms. The molecule has 1 fully saturated rings. The number of ether oxygens (including phenoxy) is 1. The van der Waals surface area contributed by atoms with Crippen molar-refractivity contribution in [3.63, 3.8) is 0 Å². The Morgan fingerprint density at radius 3 is 2.74 bits per heavy atom. The van der Waals surface area contributed by atoms with Crippen molar-refractivity contribution in [1.29, 1.82) is 0 Å². The lowest BCUT2D eigenvalue weighted by Gasteiger charge is -2.35. The van der Waals surface area contributed by atoms with Crippen LogP contribution in [0, 0.1) is 0 Å². The van der Waals surface area contributed by atoms with Crippen LogP contribution in [0.5, 0.6) is 0 Å². The highest BCUT2D eigenvalue weighted by Gasteiger charge is 2.32. The lowest BCUT2D eigenvalue weighted by Crippen LogP contribution is -2.46. The van der Waals surface area contributed by atoms with Crippen molar-refractivity contribution >= 4 is 16.0 Å². The van der Waals surface area contributed by atoms with Gasteiger partial charge in [0.1, 0.15) is 0 Å². The van der Waals surface area contributed by atoms with Crippen LogP contribution in [0.2, 0.25) is 0 Å². The molecule has 0 saturated carbocycles. The number of sulfonamides is 1.